The summed E-state index contributed by atoms with van der Waals surface area (Å²) in [5.74, 6) is -0.432. The number of carbonyl (C=O) groups excluding carboxylic acids is 1. The van der Waals surface area contributed by atoms with Crippen molar-refractivity contribution in [1.82, 2.24) is 9.78 Å². The fourth-order valence-corrected chi connectivity index (χ4v) is 1.93. The van der Waals surface area contributed by atoms with Gasteiger partial charge in [-0.2, -0.15) is 13.9 Å². The highest BCUT2D eigenvalue weighted by Crippen LogP contribution is 2.28. The number of nitrogens with zero attached hydrogens (tertiary/aromatic N) is 2. The van der Waals surface area contributed by atoms with Crippen molar-refractivity contribution in [3.8, 4) is 5.75 Å². The van der Waals surface area contributed by atoms with E-state index in [-0.39, 0.29) is 17.3 Å². The Bertz CT molecular complexity index is 671. The lowest BCUT2D eigenvalue weighted by atomic mass is 10.2. The molecule has 7 heteroatoms. The predicted molar refractivity (Wildman–Crippen MR) is 78.1 cm³/mol. The van der Waals surface area contributed by atoms with Crippen molar-refractivity contribution in [2.24, 2.45) is 0 Å². The molecule has 0 radical (unpaired) electrons. The Labute approximate surface area is 126 Å². The Morgan fingerprint density at radius 1 is 1.32 bits per heavy atom. The van der Waals surface area contributed by atoms with Crippen LogP contribution >= 0.6 is 0 Å². The van der Waals surface area contributed by atoms with Gasteiger partial charge in [0.2, 0.25) is 5.91 Å². The molecule has 0 bridgehead atoms. The first-order valence-electron chi connectivity index (χ1n) is 6.75. The van der Waals surface area contributed by atoms with Crippen molar-refractivity contribution in [1.29, 1.82) is 0 Å². The molecule has 1 aromatic carbocycles. The van der Waals surface area contributed by atoms with E-state index in [0.29, 0.717) is 0 Å². The van der Waals surface area contributed by atoms with Gasteiger partial charge in [-0.15, -0.1) is 0 Å². The average Bonchev–Trinajstić information content (AvgIpc) is 2.87. The first kappa shape index (κ1) is 15.9. The maximum absolute atomic E-state index is 12.4. The Kier molecular flexibility index (Phi) is 4.75. The number of aryl methyl sites for hydroxylation is 2. The fraction of sp³-hybridized carbons (Fsp3) is 0.333. The maximum atomic E-state index is 12.4. The van der Waals surface area contributed by atoms with Gasteiger partial charge >= 0.3 is 6.61 Å². The lowest BCUT2D eigenvalue weighted by Crippen LogP contribution is -2.24. The predicted octanol–water partition coefficient (Wildman–Crippen LogP) is 3.30. The summed E-state index contributed by atoms with van der Waals surface area (Å²) in [5.41, 5.74) is 1.74. The molecule has 22 heavy (non-hydrogen) atoms. The average molecular weight is 309 g/mol. The van der Waals surface area contributed by atoms with Crippen molar-refractivity contribution in [2.45, 2.75) is 33.4 Å². The highest BCUT2D eigenvalue weighted by Gasteiger charge is 2.18. The van der Waals surface area contributed by atoms with Crippen LogP contribution in [0.25, 0.3) is 0 Å². The van der Waals surface area contributed by atoms with Gasteiger partial charge in [-0.05, 0) is 44.5 Å². The van der Waals surface area contributed by atoms with Gasteiger partial charge in [-0.1, -0.05) is 6.07 Å². The molecule has 1 heterocycles. The topological polar surface area (TPSA) is 56.2 Å². The summed E-state index contributed by atoms with van der Waals surface area (Å²) < 4.78 is 30.8. The Hall–Kier alpha value is -2.44. The van der Waals surface area contributed by atoms with E-state index in [1.54, 1.807) is 32.2 Å². The highest BCUT2D eigenvalue weighted by molar-refractivity contribution is 5.94. The van der Waals surface area contributed by atoms with Crippen LogP contribution < -0.4 is 10.1 Å². The summed E-state index contributed by atoms with van der Waals surface area (Å²) >= 11 is 0. The third kappa shape index (κ3) is 3.81. The van der Waals surface area contributed by atoms with Crippen LogP contribution in [0.2, 0.25) is 0 Å². The smallest absolute Gasteiger partial charge is 0.387 e. The van der Waals surface area contributed by atoms with Gasteiger partial charge in [-0.3, -0.25) is 9.48 Å². The maximum Gasteiger partial charge on any atom is 0.387 e. The van der Waals surface area contributed by atoms with Crippen molar-refractivity contribution in [3.63, 3.8) is 0 Å². The quantitative estimate of drug-likeness (QED) is 0.922. The summed E-state index contributed by atoms with van der Waals surface area (Å²) in [6.45, 7) is 2.28. The van der Waals surface area contributed by atoms with E-state index in [0.717, 1.165) is 11.3 Å². The molecule has 2 rings (SSSR count). The van der Waals surface area contributed by atoms with Crippen molar-refractivity contribution in [3.05, 3.63) is 41.7 Å². The Morgan fingerprint density at radius 2 is 2.05 bits per heavy atom. The van der Waals surface area contributed by atoms with E-state index in [9.17, 15) is 13.6 Å². The van der Waals surface area contributed by atoms with E-state index in [2.05, 4.69) is 15.2 Å². The molecule has 0 aliphatic heterocycles. The molecule has 118 valence electrons. The fourth-order valence-electron chi connectivity index (χ4n) is 1.93. The number of aromatic nitrogens is 2. The van der Waals surface area contributed by atoms with Crippen molar-refractivity contribution in [2.75, 3.05) is 5.32 Å². The molecule has 0 fully saturated rings. The number of hydrogen-bond donors (Lipinski definition) is 1. The Balaban J connectivity index is 2.17. The second-order valence-electron chi connectivity index (χ2n) is 4.98. The van der Waals surface area contributed by atoms with Crippen LogP contribution in [0.15, 0.2) is 30.5 Å². The second kappa shape index (κ2) is 6.55. The van der Waals surface area contributed by atoms with E-state index in [1.165, 1.54) is 16.8 Å². The van der Waals surface area contributed by atoms with Crippen molar-refractivity contribution < 1.29 is 18.3 Å². The first-order valence-corrected chi connectivity index (χ1v) is 6.75. The standard InChI is InChI=1S/C15H17F2N3O2/c1-9-4-5-12(13(8-9)22-15(16)17)18-14(21)11(3)20-7-6-10(2)19-20/h4-8,11,15H,1-3H3,(H,18,21). The zero-order valence-electron chi connectivity index (χ0n) is 12.5. The number of carbonyl (C=O) groups is 1. The number of nitrogens with one attached hydrogen (secondary N) is 1. The van der Waals surface area contributed by atoms with Gasteiger partial charge in [0.1, 0.15) is 11.8 Å². The molecule has 1 atom stereocenters. The number of alkyl halides is 2. The zero-order chi connectivity index (χ0) is 16.3. The van der Waals surface area contributed by atoms with Gasteiger partial charge in [0.25, 0.3) is 0 Å². The summed E-state index contributed by atoms with van der Waals surface area (Å²) in [4.78, 5) is 12.2. The molecule has 0 aliphatic carbocycles. The van der Waals surface area contributed by atoms with Crippen molar-refractivity contribution >= 4 is 11.6 Å². The third-order valence-electron chi connectivity index (χ3n) is 3.13. The summed E-state index contributed by atoms with van der Waals surface area (Å²) in [7, 11) is 0. The largest absolute Gasteiger partial charge is 0.433 e. The minimum absolute atomic E-state index is 0.0628. The first-order chi connectivity index (χ1) is 10.4. The van der Waals surface area contributed by atoms with E-state index < -0.39 is 12.7 Å². The SMILES string of the molecule is Cc1ccc(NC(=O)C(C)n2ccc(C)n2)c(OC(F)F)c1. The molecule has 1 N–H and O–H groups in total. The number of rotatable bonds is 5. The van der Waals surface area contributed by atoms with Crippen LogP contribution in [-0.2, 0) is 4.79 Å². The summed E-state index contributed by atoms with van der Waals surface area (Å²) in [6.07, 6.45) is 1.69. The summed E-state index contributed by atoms with van der Waals surface area (Å²) in [5, 5.41) is 6.76. The number of ether oxygens (including phenoxy) is 1. The van der Waals surface area contributed by atoms with Crippen LogP contribution in [-0.4, -0.2) is 22.3 Å². The van der Waals surface area contributed by atoms with Crippen LogP contribution in [0, 0.1) is 13.8 Å². The van der Waals surface area contributed by atoms with E-state index in [1.807, 2.05) is 6.92 Å². The number of benzene rings is 1. The van der Waals surface area contributed by atoms with Gasteiger partial charge in [-0.25, -0.2) is 0 Å². The second-order valence-corrected chi connectivity index (χ2v) is 4.98. The van der Waals surface area contributed by atoms with Gasteiger partial charge in [0.05, 0.1) is 11.4 Å². The van der Waals surface area contributed by atoms with Gasteiger partial charge in [0.15, 0.2) is 0 Å². The van der Waals surface area contributed by atoms with Crippen LogP contribution in [0.4, 0.5) is 14.5 Å². The molecular formula is C15H17F2N3O2. The van der Waals surface area contributed by atoms with Gasteiger partial charge in [0, 0.05) is 6.20 Å². The number of amides is 1. The number of hydrogen-bond acceptors (Lipinski definition) is 3. The van der Waals surface area contributed by atoms with Gasteiger partial charge < -0.3 is 10.1 Å². The molecule has 5 nitrogen and oxygen atoms in total. The normalized spacial score (nSPS) is 12.3. The lowest BCUT2D eigenvalue weighted by Gasteiger charge is -2.16. The molecule has 2 aromatic rings. The number of anilines is 1. The Morgan fingerprint density at radius 3 is 2.64 bits per heavy atom. The van der Waals surface area contributed by atoms with E-state index in [4.69, 9.17) is 0 Å². The van der Waals surface area contributed by atoms with Crippen LogP contribution in [0.5, 0.6) is 5.75 Å². The van der Waals surface area contributed by atoms with Crippen LogP contribution in [0.3, 0.4) is 0 Å². The minimum atomic E-state index is -2.95. The molecule has 1 amide bonds. The zero-order valence-corrected chi connectivity index (χ0v) is 12.5. The highest BCUT2D eigenvalue weighted by atomic mass is 19.3. The monoisotopic (exact) mass is 309 g/mol. The van der Waals surface area contributed by atoms with E-state index >= 15 is 0 Å². The molecule has 0 spiro atoms. The summed E-state index contributed by atoms with van der Waals surface area (Å²) in [6, 6.07) is 5.89. The minimum Gasteiger partial charge on any atom is -0.433 e. The molecule has 1 unspecified atom stereocenters. The molecule has 0 saturated heterocycles. The lowest BCUT2D eigenvalue weighted by molar-refractivity contribution is -0.119. The molecule has 0 saturated carbocycles. The van der Waals surface area contributed by atoms with Crippen LogP contribution in [0.1, 0.15) is 24.2 Å². The third-order valence-corrected chi connectivity index (χ3v) is 3.13. The number of halogens is 2. The molecule has 0 aliphatic rings. The molecule has 1 aromatic heterocycles. The molecular weight excluding hydrogens is 292 g/mol.